The molecule has 2 aromatic heterocycles. The molecule has 4 rings (SSSR count). The molecule has 9 nitrogen and oxygen atoms in total. The number of ether oxygens (including phenoxy) is 1. The minimum Gasteiger partial charge on any atom is -0.446 e. The Morgan fingerprint density at radius 1 is 1.34 bits per heavy atom. The van der Waals surface area contributed by atoms with Gasteiger partial charge in [0.2, 0.25) is 0 Å². The smallest absolute Gasteiger partial charge is 0.410 e. The highest BCUT2D eigenvalue weighted by Gasteiger charge is 2.41. The second kappa shape index (κ2) is 7.62. The third-order valence-electron chi connectivity index (χ3n) is 5.94. The number of carbonyl (C=O) groups is 1. The lowest BCUT2D eigenvalue weighted by Crippen LogP contribution is -2.58. The summed E-state index contributed by atoms with van der Waals surface area (Å²) in [6, 6.07) is 1.96. The number of likely N-dealkylation sites (tertiary alicyclic amines) is 1. The molecule has 1 saturated carbocycles. The van der Waals surface area contributed by atoms with Crippen molar-refractivity contribution >= 4 is 17.7 Å². The standard InChI is InChI=1S/C20H28N6O3/c1-12(27)16-10-22-18(11-21-16)23-17-9-15(24-25-17)13-4-5-14(8-13)29-19(28)26-7-6-20(26,2)3/h9-14,27H,4-8H2,1-3H3,(H2,22,23,24,25)/t12-,13?,14?/m1/s1. The third-order valence-corrected chi connectivity index (χ3v) is 5.94. The molecule has 0 aromatic carbocycles. The molecular weight excluding hydrogens is 372 g/mol. The molecule has 3 heterocycles. The molecule has 1 aliphatic carbocycles. The Labute approximate surface area is 169 Å². The molecule has 0 spiro atoms. The predicted molar refractivity (Wildman–Crippen MR) is 107 cm³/mol. The van der Waals surface area contributed by atoms with Crippen molar-refractivity contribution < 1.29 is 14.6 Å². The Hall–Kier alpha value is -2.68. The SMILES string of the molecule is C[C@@H](O)c1cnc(Nc2cc(C3CCC(OC(=O)N4CCC4(C)C)C3)[nH]n2)cn1. The van der Waals surface area contributed by atoms with E-state index in [0.717, 1.165) is 37.9 Å². The summed E-state index contributed by atoms with van der Waals surface area (Å²) in [5, 5.41) is 20.0. The average Bonchev–Trinajstić information content (AvgIpc) is 3.30. The molecule has 2 unspecified atom stereocenters. The predicted octanol–water partition coefficient (Wildman–Crippen LogP) is 3.25. The fourth-order valence-corrected chi connectivity index (χ4v) is 3.90. The van der Waals surface area contributed by atoms with Crippen LogP contribution in [-0.2, 0) is 4.74 Å². The largest absolute Gasteiger partial charge is 0.446 e. The van der Waals surface area contributed by atoms with Crippen LogP contribution in [0.5, 0.6) is 0 Å². The van der Waals surface area contributed by atoms with Gasteiger partial charge in [0.25, 0.3) is 0 Å². The molecule has 1 aliphatic heterocycles. The van der Waals surface area contributed by atoms with E-state index in [4.69, 9.17) is 4.74 Å². The van der Waals surface area contributed by atoms with E-state index in [9.17, 15) is 9.90 Å². The maximum atomic E-state index is 12.4. The van der Waals surface area contributed by atoms with Crippen molar-refractivity contribution in [3.8, 4) is 0 Å². The summed E-state index contributed by atoms with van der Waals surface area (Å²) in [5.74, 6) is 1.49. The fourth-order valence-electron chi connectivity index (χ4n) is 3.90. The number of hydrogen-bond donors (Lipinski definition) is 3. The van der Waals surface area contributed by atoms with E-state index in [1.807, 2.05) is 11.0 Å². The van der Waals surface area contributed by atoms with Gasteiger partial charge in [-0.15, -0.1) is 0 Å². The zero-order valence-electron chi connectivity index (χ0n) is 17.1. The number of anilines is 2. The summed E-state index contributed by atoms with van der Waals surface area (Å²) in [4.78, 5) is 22.6. The number of nitrogens with zero attached hydrogens (tertiary/aromatic N) is 4. The Morgan fingerprint density at radius 2 is 2.17 bits per heavy atom. The number of amides is 1. The van der Waals surface area contributed by atoms with E-state index in [2.05, 4.69) is 39.3 Å². The van der Waals surface area contributed by atoms with Crippen LogP contribution < -0.4 is 5.32 Å². The highest BCUT2D eigenvalue weighted by Crippen LogP contribution is 2.37. The first-order chi connectivity index (χ1) is 13.8. The van der Waals surface area contributed by atoms with Crippen LogP contribution in [0.1, 0.15) is 69.9 Å². The van der Waals surface area contributed by atoms with Crippen molar-refractivity contribution in [1.82, 2.24) is 25.1 Å². The quantitative estimate of drug-likeness (QED) is 0.705. The number of aliphatic hydroxyl groups excluding tert-OH is 1. The zero-order valence-corrected chi connectivity index (χ0v) is 17.1. The topological polar surface area (TPSA) is 116 Å². The molecule has 0 radical (unpaired) electrons. The normalized spacial score (nSPS) is 24.1. The minimum absolute atomic E-state index is 0.0532. The van der Waals surface area contributed by atoms with E-state index < -0.39 is 6.10 Å². The number of aromatic amines is 1. The summed E-state index contributed by atoms with van der Waals surface area (Å²) in [7, 11) is 0. The van der Waals surface area contributed by atoms with E-state index in [0.29, 0.717) is 17.3 Å². The summed E-state index contributed by atoms with van der Waals surface area (Å²) in [5.41, 5.74) is 1.45. The molecular formula is C20H28N6O3. The number of nitrogens with one attached hydrogen (secondary N) is 2. The van der Waals surface area contributed by atoms with Gasteiger partial charge >= 0.3 is 6.09 Å². The lowest BCUT2D eigenvalue weighted by Gasteiger charge is -2.47. The maximum Gasteiger partial charge on any atom is 0.410 e. The number of H-pyrrole nitrogens is 1. The van der Waals surface area contributed by atoms with Gasteiger partial charge in [0.05, 0.1) is 24.2 Å². The van der Waals surface area contributed by atoms with Crippen molar-refractivity contribution in [2.24, 2.45) is 0 Å². The molecule has 2 aliphatic rings. The van der Waals surface area contributed by atoms with E-state index in [-0.39, 0.29) is 23.7 Å². The van der Waals surface area contributed by atoms with Crippen molar-refractivity contribution in [2.45, 2.75) is 70.1 Å². The second-order valence-electron chi connectivity index (χ2n) is 8.57. The van der Waals surface area contributed by atoms with Crippen LogP contribution in [0.25, 0.3) is 0 Å². The zero-order chi connectivity index (χ0) is 20.6. The molecule has 156 valence electrons. The molecule has 1 amide bonds. The highest BCUT2D eigenvalue weighted by molar-refractivity contribution is 5.70. The lowest BCUT2D eigenvalue weighted by atomic mass is 9.90. The Kier molecular flexibility index (Phi) is 5.16. The highest BCUT2D eigenvalue weighted by atomic mass is 16.6. The minimum atomic E-state index is -0.648. The van der Waals surface area contributed by atoms with Gasteiger partial charge in [-0.3, -0.25) is 10.1 Å². The van der Waals surface area contributed by atoms with Crippen molar-refractivity contribution in [3.63, 3.8) is 0 Å². The first-order valence-electron chi connectivity index (χ1n) is 10.1. The van der Waals surface area contributed by atoms with Crippen LogP contribution in [0.3, 0.4) is 0 Å². The lowest BCUT2D eigenvalue weighted by molar-refractivity contribution is -0.0101. The van der Waals surface area contributed by atoms with Gasteiger partial charge in [-0.1, -0.05) is 0 Å². The molecule has 0 bridgehead atoms. The van der Waals surface area contributed by atoms with Gasteiger partial charge in [0, 0.05) is 29.8 Å². The van der Waals surface area contributed by atoms with Crippen LogP contribution in [0.2, 0.25) is 0 Å². The number of hydrogen-bond acceptors (Lipinski definition) is 7. The summed E-state index contributed by atoms with van der Waals surface area (Å²) in [6.07, 6.45) is 5.83. The van der Waals surface area contributed by atoms with E-state index in [1.165, 1.54) is 6.20 Å². The number of aliphatic hydroxyl groups is 1. The number of aromatic nitrogens is 4. The van der Waals surface area contributed by atoms with Crippen molar-refractivity contribution in [3.05, 3.63) is 29.8 Å². The molecule has 29 heavy (non-hydrogen) atoms. The van der Waals surface area contributed by atoms with Crippen LogP contribution in [-0.4, -0.2) is 54.5 Å². The Bertz CT molecular complexity index is 863. The van der Waals surface area contributed by atoms with E-state index in [1.54, 1.807) is 13.1 Å². The van der Waals surface area contributed by atoms with Gasteiger partial charge in [0.1, 0.15) is 11.9 Å². The van der Waals surface area contributed by atoms with Crippen LogP contribution in [0, 0.1) is 0 Å². The molecule has 3 N–H and O–H groups in total. The molecule has 1 saturated heterocycles. The van der Waals surface area contributed by atoms with Gasteiger partial charge in [-0.25, -0.2) is 9.78 Å². The molecule has 3 atom stereocenters. The van der Waals surface area contributed by atoms with Gasteiger partial charge in [-0.05, 0) is 46.5 Å². The molecule has 2 fully saturated rings. The van der Waals surface area contributed by atoms with Crippen molar-refractivity contribution in [2.75, 3.05) is 11.9 Å². The Balaban J connectivity index is 1.31. The van der Waals surface area contributed by atoms with Crippen LogP contribution in [0.4, 0.5) is 16.4 Å². The maximum absolute atomic E-state index is 12.4. The molecule has 2 aromatic rings. The van der Waals surface area contributed by atoms with Gasteiger partial charge in [-0.2, -0.15) is 5.10 Å². The van der Waals surface area contributed by atoms with Gasteiger partial charge < -0.3 is 20.1 Å². The van der Waals surface area contributed by atoms with Crippen LogP contribution in [0.15, 0.2) is 18.5 Å². The third kappa shape index (κ3) is 4.19. The fraction of sp³-hybridized carbons (Fsp3) is 0.600. The molecule has 9 heteroatoms. The summed E-state index contributed by atoms with van der Waals surface area (Å²) < 4.78 is 5.73. The number of rotatable bonds is 5. The Morgan fingerprint density at radius 3 is 2.79 bits per heavy atom. The van der Waals surface area contributed by atoms with Gasteiger partial charge in [0.15, 0.2) is 5.82 Å². The first kappa shape index (κ1) is 19.6. The van der Waals surface area contributed by atoms with Crippen molar-refractivity contribution in [1.29, 1.82) is 0 Å². The monoisotopic (exact) mass is 400 g/mol. The summed E-state index contributed by atoms with van der Waals surface area (Å²) >= 11 is 0. The first-order valence-corrected chi connectivity index (χ1v) is 10.1. The summed E-state index contributed by atoms with van der Waals surface area (Å²) in [6.45, 7) is 6.56. The second-order valence-corrected chi connectivity index (χ2v) is 8.57. The van der Waals surface area contributed by atoms with Crippen LogP contribution >= 0.6 is 0 Å². The number of carbonyl (C=O) groups excluding carboxylic acids is 1. The average molecular weight is 400 g/mol. The van der Waals surface area contributed by atoms with E-state index >= 15 is 0 Å².